The van der Waals surface area contributed by atoms with E-state index in [1.54, 1.807) is 0 Å². The molecule has 2 aromatic rings. The average Bonchev–Trinajstić information content (AvgIpc) is 3.14. The van der Waals surface area contributed by atoms with Crippen LogP contribution < -0.4 is 5.32 Å². The molecule has 4 atom stereocenters. The van der Waals surface area contributed by atoms with Crippen molar-refractivity contribution in [1.29, 1.82) is 0 Å². The zero-order valence-corrected chi connectivity index (χ0v) is 15.9. The predicted molar refractivity (Wildman–Crippen MR) is 102 cm³/mol. The van der Waals surface area contributed by atoms with Crippen LogP contribution in [-0.2, 0) is 16.6 Å². The Balaban J connectivity index is 1.59. The van der Waals surface area contributed by atoms with Gasteiger partial charge >= 0.3 is 0 Å². The molecular weight excluding hydrogens is 322 g/mol. The number of amides is 1. The Kier molecular flexibility index (Phi) is 2.56. The standard InChI is InChI=1S/C22H27N3O/c1-13-8-9-25-12-21-10-15-14-6-4-5-7-16(14)23-18(15)20(2,3)17(21)11-22(13,25)19(26)24-21/h4-7,13,17,23H,8-12H2,1-3H3,(H,24,26)/t13-,17-,21-,22-/m0/s1. The number of nitrogens with one attached hydrogen (secondary N) is 2. The van der Waals surface area contributed by atoms with E-state index in [9.17, 15) is 4.79 Å². The summed E-state index contributed by atoms with van der Waals surface area (Å²) >= 11 is 0. The van der Waals surface area contributed by atoms with Crippen LogP contribution in [0.15, 0.2) is 24.3 Å². The van der Waals surface area contributed by atoms with Gasteiger partial charge in [0, 0.05) is 28.6 Å². The van der Waals surface area contributed by atoms with E-state index < -0.39 is 0 Å². The van der Waals surface area contributed by atoms with Crippen LogP contribution in [0.25, 0.3) is 10.9 Å². The molecule has 4 aliphatic heterocycles. The molecule has 2 bridgehead atoms. The third-order valence-electron chi connectivity index (χ3n) is 8.44. The maximum atomic E-state index is 13.3. The van der Waals surface area contributed by atoms with Gasteiger partial charge < -0.3 is 10.3 Å². The minimum atomic E-state index is -0.271. The number of H-pyrrole nitrogens is 1. The Hall–Kier alpha value is -1.81. The number of carbonyl (C=O) groups excluding carboxylic acids is 1. The molecule has 4 heteroatoms. The Bertz CT molecular complexity index is 959. The molecule has 2 N–H and O–H groups in total. The van der Waals surface area contributed by atoms with Crippen LogP contribution in [0.3, 0.4) is 0 Å². The third kappa shape index (κ3) is 1.47. The lowest BCUT2D eigenvalue weighted by atomic mass is 9.51. The molecule has 1 aliphatic carbocycles. The van der Waals surface area contributed by atoms with Crippen LogP contribution in [0.1, 0.15) is 44.9 Å². The van der Waals surface area contributed by atoms with E-state index in [4.69, 9.17) is 0 Å². The monoisotopic (exact) mass is 349 g/mol. The first-order chi connectivity index (χ1) is 12.4. The normalized spacial score (nSPS) is 40.2. The van der Waals surface area contributed by atoms with E-state index in [1.165, 1.54) is 22.2 Å². The van der Waals surface area contributed by atoms with Crippen molar-refractivity contribution < 1.29 is 4.79 Å². The zero-order valence-electron chi connectivity index (χ0n) is 15.9. The summed E-state index contributed by atoms with van der Waals surface area (Å²) in [5, 5.41) is 4.91. The lowest BCUT2D eigenvalue weighted by Gasteiger charge is -2.66. The number of hydrogen-bond acceptors (Lipinski definition) is 2. The maximum absolute atomic E-state index is 13.3. The van der Waals surface area contributed by atoms with E-state index in [2.05, 4.69) is 60.2 Å². The highest BCUT2D eigenvalue weighted by molar-refractivity contribution is 5.91. The molecule has 1 amide bonds. The van der Waals surface area contributed by atoms with Crippen molar-refractivity contribution in [2.45, 2.75) is 56.5 Å². The molecule has 1 aromatic heterocycles. The number of aromatic amines is 1. The molecule has 0 radical (unpaired) electrons. The highest BCUT2D eigenvalue weighted by atomic mass is 16.2. The van der Waals surface area contributed by atoms with Crippen LogP contribution in [0.4, 0.5) is 0 Å². The molecule has 0 saturated carbocycles. The van der Waals surface area contributed by atoms with Crippen LogP contribution in [-0.4, -0.2) is 40.0 Å². The highest BCUT2D eigenvalue weighted by Crippen LogP contribution is 2.59. The van der Waals surface area contributed by atoms with Gasteiger partial charge in [-0.3, -0.25) is 9.69 Å². The van der Waals surface area contributed by atoms with Gasteiger partial charge in [0.1, 0.15) is 5.54 Å². The Labute approximate surface area is 154 Å². The second kappa shape index (κ2) is 4.36. The van der Waals surface area contributed by atoms with Gasteiger partial charge in [-0.05, 0) is 49.3 Å². The molecule has 1 aromatic carbocycles. The van der Waals surface area contributed by atoms with Gasteiger partial charge in [-0.1, -0.05) is 39.0 Å². The van der Waals surface area contributed by atoms with Crippen molar-refractivity contribution in [3.63, 3.8) is 0 Å². The molecule has 0 unspecified atom stereocenters. The Morgan fingerprint density at radius 2 is 2.04 bits per heavy atom. The number of rotatable bonds is 0. The fourth-order valence-corrected chi connectivity index (χ4v) is 7.12. The van der Waals surface area contributed by atoms with Crippen molar-refractivity contribution >= 4 is 16.8 Å². The Morgan fingerprint density at radius 3 is 2.88 bits per heavy atom. The summed E-state index contributed by atoms with van der Waals surface area (Å²) in [6, 6.07) is 8.64. The van der Waals surface area contributed by atoms with Gasteiger partial charge in [0.15, 0.2) is 0 Å². The van der Waals surface area contributed by atoms with Crippen molar-refractivity contribution in [3.8, 4) is 0 Å². The van der Waals surface area contributed by atoms with E-state index in [0.717, 1.165) is 32.4 Å². The topological polar surface area (TPSA) is 48.1 Å². The van der Waals surface area contributed by atoms with Crippen molar-refractivity contribution in [1.82, 2.24) is 15.2 Å². The van der Waals surface area contributed by atoms with Gasteiger partial charge in [0.05, 0.1) is 5.54 Å². The van der Waals surface area contributed by atoms with E-state index in [-0.39, 0.29) is 16.5 Å². The average molecular weight is 349 g/mol. The summed E-state index contributed by atoms with van der Waals surface area (Å²) in [6.45, 7) is 9.14. The fraction of sp³-hybridized carbons (Fsp3) is 0.591. The quantitative estimate of drug-likeness (QED) is 0.768. The molecular formula is C22H27N3O. The number of fused-ring (bicyclic) bond motifs is 4. The number of piperidine rings is 2. The number of para-hydroxylation sites is 1. The number of hydrogen-bond donors (Lipinski definition) is 2. The van der Waals surface area contributed by atoms with E-state index in [0.29, 0.717) is 17.7 Å². The number of piperazine rings is 1. The van der Waals surface area contributed by atoms with Gasteiger partial charge in [-0.2, -0.15) is 0 Å². The molecule has 2 spiro atoms. The van der Waals surface area contributed by atoms with Gasteiger partial charge in [-0.25, -0.2) is 0 Å². The number of aromatic nitrogens is 1. The summed E-state index contributed by atoms with van der Waals surface area (Å²) in [4.78, 5) is 19.6. The van der Waals surface area contributed by atoms with Crippen molar-refractivity contribution in [3.05, 3.63) is 35.5 Å². The molecule has 4 nitrogen and oxygen atoms in total. The number of benzene rings is 1. The SMILES string of the molecule is C[C@H]1CCN2C[C@@]34Cc5c([nH]c6ccccc56)C(C)(C)[C@@H]3C[C@@]12C(=O)N4. The highest BCUT2D eigenvalue weighted by Gasteiger charge is 2.70. The lowest BCUT2D eigenvalue weighted by Crippen LogP contribution is -2.83. The molecule has 5 heterocycles. The third-order valence-corrected chi connectivity index (χ3v) is 8.44. The maximum Gasteiger partial charge on any atom is 0.241 e. The zero-order chi connectivity index (χ0) is 17.9. The van der Waals surface area contributed by atoms with Crippen LogP contribution in [0.5, 0.6) is 0 Å². The molecule has 4 fully saturated rings. The second-order valence-corrected chi connectivity index (χ2v) is 9.83. The predicted octanol–water partition coefficient (Wildman–Crippen LogP) is 2.97. The summed E-state index contributed by atoms with van der Waals surface area (Å²) < 4.78 is 0. The fourth-order valence-electron chi connectivity index (χ4n) is 7.12. The second-order valence-electron chi connectivity index (χ2n) is 9.83. The molecule has 7 rings (SSSR count). The molecule has 136 valence electrons. The first kappa shape index (κ1) is 15.3. The van der Waals surface area contributed by atoms with Gasteiger partial charge in [0.25, 0.3) is 0 Å². The molecule has 5 aliphatic rings. The first-order valence-corrected chi connectivity index (χ1v) is 10.1. The van der Waals surface area contributed by atoms with Gasteiger partial charge in [0.2, 0.25) is 5.91 Å². The minimum absolute atomic E-state index is 0.0295. The largest absolute Gasteiger partial charge is 0.358 e. The smallest absolute Gasteiger partial charge is 0.241 e. The summed E-state index contributed by atoms with van der Waals surface area (Å²) in [5.74, 6) is 1.22. The van der Waals surface area contributed by atoms with Gasteiger partial charge in [-0.15, -0.1) is 0 Å². The van der Waals surface area contributed by atoms with Crippen LogP contribution in [0, 0.1) is 11.8 Å². The lowest BCUT2D eigenvalue weighted by molar-refractivity contribution is -0.164. The first-order valence-electron chi connectivity index (χ1n) is 10.1. The Morgan fingerprint density at radius 1 is 1.23 bits per heavy atom. The molecule has 26 heavy (non-hydrogen) atoms. The number of carbonyl (C=O) groups is 1. The van der Waals surface area contributed by atoms with Crippen molar-refractivity contribution in [2.75, 3.05) is 13.1 Å². The van der Waals surface area contributed by atoms with E-state index >= 15 is 0 Å². The summed E-state index contributed by atoms with van der Waals surface area (Å²) in [5.41, 5.74) is 3.68. The minimum Gasteiger partial charge on any atom is -0.358 e. The molecule has 4 saturated heterocycles. The van der Waals surface area contributed by atoms with Crippen LogP contribution in [0.2, 0.25) is 0 Å². The summed E-state index contributed by atoms with van der Waals surface area (Å²) in [6.07, 6.45) is 3.10. The van der Waals surface area contributed by atoms with Crippen molar-refractivity contribution in [2.24, 2.45) is 11.8 Å². The van der Waals surface area contributed by atoms with E-state index in [1.807, 2.05) is 0 Å². The number of nitrogens with zero attached hydrogens (tertiary/aromatic N) is 1. The van der Waals surface area contributed by atoms with Crippen LogP contribution >= 0.6 is 0 Å². The summed E-state index contributed by atoms with van der Waals surface area (Å²) in [7, 11) is 0.